The molecule has 1 atom stereocenters. The van der Waals surface area contributed by atoms with Crippen molar-refractivity contribution in [3.05, 3.63) is 43.8 Å². The van der Waals surface area contributed by atoms with Gasteiger partial charge in [0.15, 0.2) is 0 Å². The number of pyridine rings is 1. The van der Waals surface area contributed by atoms with Crippen LogP contribution in [0.2, 0.25) is 0 Å². The second kappa shape index (κ2) is 8.21. The van der Waals surface area contributed by atoms with Gasteiger partial charge in [-0.3, -0.25) is 4.79 Å². The van der Waals surface area contributed by atoms with Crippen LogP contribution in [0, 0.1) is 3.57 Å². The van der Waals surface area contributed by atoms with Gasteiger partial charge in [-0.1, -0.05) is 0 Å². The molecule has 0 bridgehead atoms. The molecule has 0 aliphatic rings. The fourth-order valence-electron chi connectivity index (χ4n) is 2.29. The van der Waals surface area contributed by atoms with Crippen molar-refractivity contribution in [1.29, 1.82) is 0 Å². The smallest absolute Gasteiger partial charge is 0.343 e. The zero-order valence-corrected chi connectivity index (χ0v) is 16.1. The largest absolute Gasteiger partial charge is 0.462 e. The molecule has 0 aliphatic carbocycles. The van der Waals surface area contributed by atoms with Crippen LogP contribution in [0.1, 0.15) is 23.2 Å². The molecule has 0 N–H and O–H groups in total. The van der Waals surface area contributed by atoms with E-state index in [9.17, 15) is 9.59 Å². The average molecular weight is 445 g/mol. The molecule has 0 saturated carbocycles. The maximum atomic E-state index is 12.6. The molecule has 0 aliphatic heterocycles. The van der Waals surface area contributed by atoms with E-state index in [-0.39, 0.29) is 23.5 Å². The molecule has 1 heterocycles. The van der Waals surface area contributed by atoms with Crippen LogP contribution < -0.4 is 5.43 Å². The van der Waals surface area contributed by atoms with E-state index in [1.165, 1.54) is 12.0 Å². The van der Waals surface area contributed by atoms with Gasteiger partial charge in [0.2, 0.25) is 5.43 Å². The molecule has 0 unspecified atom stereocenters. The molecule has 122 valence electrons. The summed E-state index contributed by atoms with van der Waals surface area (Å²) in [4.78, 5) is 24.7. The summed E-state index contributed by atoms with van der Waals surface area (Å²) in [5, 5.41) is 0.512. The Morgan fingerprint density at radius 1 is 1.48 bits per heavy atom. The molecule has 2 rings (SSSR count). The Labute approximate surface area is 153 Å². The van der Waals surface area contributed by atoms with Crippen LogP contribution in [0.5, 0.6) is 0 Å². The van der Waals surface area contributed by atoms with Crippen molar-refractivity contribution in [2.75, 3.05) is 19.5 Å². The van der Waals surface area contributed by atoms with Gasteiger partial charge in [-0.25, -0.2) is 4.79 Å². The van der Waals surface area contributed by atoms with Crippen LogP contribution in [0.4, 0.5) is 0 Å². The number of hydrogen-bond donors (Lipinski definition) is 0. The molecule has 2 aromatic rings. The zero-order chi connectivity index (χ0) is 17.0. The van der Waals surface area contributed by atoms with Crippen molar-refractivity contribution in [1.82, 2.24) is 4.57 Å². The summed E-state index contributed by atoms with van der Waals surface area (Å²) in [6.45, 7) is 2.41. The minimum absolute atomic E-state index is 0.0289. The maximum Gasteiger partial charge on any atom is 0.343 e. The quantitative estimate of drug-likeness (QED) is 0.296. The zero-order valence-electron chi connectivity index (χ0n) is 13.2. The van der Waals surface area contributed by atoms with Gasteiger partial charge in [0.1, 0.15) is 13.4 Å². The van der Waals surface area contributed by atoms with Crippen LogP contribution in [-0.4, -0.2) is 37.9 Å². The Morgan fingerprint density at radius 3 is 2.87 bits per heavy atom. The first-order valence-corrected chi connectivity index (χ1v) is 9.39. The predicted octanol–water partition coefficient (Wildman–Crippen LogP) is 2.21. The number of fused-ring (bicyclic) bond motifs is 1. The number of halogens is 1. The fourth-order valence-corrected chi connectivity index (χ4v) is 3.12. The molecule has 8 heteroatoms. The number of rotatable bonds is 6. The third-order valence-electron chi connectivity index (χ3n) is 3.39. The van der Waals surface area contributed by atoms with Crippen LogP contribution in [0.3, 0.4) is 0 Å². The van der Waals surface area contributed by atoms with Gasteiger partial charge in [-0.05, 0) is 59.8 Å². The van der Waals surface area contributed by atoms with Gasteiger partial charge in [-0.2, -0.15) is 0 Å². The number of nitrogens with zero attached hydrogens (tertiary/aromatic N) is 1. The highest BCUT2D eigenvalue weighted by Crippen LogP contribution is 2.20. The number of aromatic nitrogens is 1. The SMILES string of the molecule is B[C@@H](COSC)n1cc(C(=O)OCC)c(=O)c2cc(I)ccc21. The van der Waals surface area contributed by atoms with Crippen molar-refractivity contribution in [3.63, 3.8) is 0 Å². The molecule has 1 aromatic heterocycles. The van der Waals surface area contributed by atoms with Crippen molar-refractivity contribution in [2.24, 2.45) is 0 Å². The summed E-state index contributed by atoms with van der Waals surface area (Å²) in [7, 11) is 1.98. The maximum absolute atomic E-state index is 12.6. The fraction of sp³-hybridized carbons (Fsp3) is 0.333. The number of esters is 1. The average Bonchev–Trinajstić information content (AvgIpc) is 2.53. The number of benzene rings is 1. The van der Waals surface area contributed by atoms with Crippen molar-refractivity contribution < 1.29 is 13.7 Å². The van der Waals surface area contributed by atoms with Crippen LogP contribution >= 0.6 is 34.6 Å². The van der Waals surface area contributed by atoms with Crippen LogP contribution in [0.25, 0.3) is 10.9 Å². The van der Waals surface area contributed by atoms with Crippen LogP contribution in [-0.2, 0) is 8.92 Å². The van der Waals surface area contributed by atoms with E-state index in [1.807, 2.05) is 30.8 Å². The summed E-state index contributed by atoms with van der Waals surface area (Å²) < 4.78 is 13.3. The molecule has 0 radical (unpaired) electrons. The Bertz CT molecular complexity index is 780. The lowest BCUT2D eigenvalue weighted by atomic mass is 9.96. The molecule has 0 amide bonds. The topological polar surface area (TPSA) is 57.5 Å². The first kappa shape index (κ1) is 18.3. The lowest BCUT2D eigenvalue weighted by molar-refractivity contribution is 0.0524. The summed E-state index contributed by atoms with van der Waals surface area (Å²) in [5.74, 6) is -0.621. The standard InChI is InChI=1S/C15H17BINO4S/c1-3-21-15(20)11-7-18(13(16)8-22-23-2)12-5-4-9(17)6-10(12)14(11)19/h4-7,13H,3,8,16H2,1-2H3/t13-/m1/s1. The molecule has 0 fully saturated rings. The van der Waals surface area contributed by atoms with Crippen molar-refractivity contribution in [3.8, 4) is 0 Å². The van der Waals surface area contributed by atoms with Gasteiger partial charge in [0.05, 0.1) is 18.7 Å². The number of carbonyl (C=O) groups excluding carboxylic acids is 1. The van der Waals surface area contributed by atoms with E-state index < -0.39 is 5.97 Å². The highest BCUT2D eigenvalue weighted by molar-refractivity contribution is 14.1. The highest BCUT2D eigenvalue weighted by atomic mass is 127. The number of ether oxygens (including phenoxy) is 1. The molecule has 23 heavy (non-hydrogen) atoms. The molecule has 5 nitrogen and oxygen atoms in total. The Morgan fingerprint density at radius 2 is 2.22 bits per heavy atom. The molecular weight excluding hydrogens is 428 g/mol. The van der Waals surface area contributed by atoms with E-state index in [2.05, 4.69) is 22.6 Å². The van der Waals surface area contributed by atoms with Crippen molar-refractivity contribution >= 4 is 59.4 Å². The second-order valence-electron chi connectivity index (χ2n) is 4.96. The Balaban J connectivity index is 2.66. The van der Waals surface area contributed by atoms with Gasteiger partial charge in [0.25, 0.3) is 0 Å². The number of carbonyl (C=O) groups is 1. The van der Waals surface area contributed by atoms with Gasteiger partial charge in [-0.15, -0.1) is 0 Å². The van der Waals surface area contributed by atoms with Gasteiger partial charge in [0, 0.05) is 27.4 Å². The van der Waals surface area contributed by atoms with Gasteiger partial charge >= 0.3 is 5.97 Å². The lowest BCUT2D eigenvalue weighted by Gasteiger charge is -2.19. The summed E-state index contributed by atoms with van der Waals surface area (Å²) in [6.07, 6.45) is 3.42. The normalized spacial score (nSPS) is 12.3. The summed E-state index contributed by atoms with van der Waals surface area (Å²) in [6, 6.07) is 5.62. The third-order valence-corrected chi connectivity index (χ3v) is 4.43. The van der Waals surface area contributed by atoms with E-state index >= 15 is 0 Å². The molecular formula is C15H17BINO4S. The Kier molecular flexibility index (Phi) is 6.55. The third kappa shape index (κ3) is 4.10. The first-order chi connectivity index (χ1) is 11.0. The van der Waals surface area contributed by atoms with E-state index in [1.54, 1.807) is 19.2 Å². The van der Waals surface area contributed by atoms with Crippen molar-refractivity contribution in [2.45, 2.75) is 12.9 Å². The molecule has 1 aromatic carbocycles. The molecule has 0 saturated heterocycles. The van der Waals surface area contributed by atoms with Gasteiger partial charge < -0.3 is 13.5 Å². The summed E-state index contributed by atoms with van der Waals surface area (Å²) in [5.41, 5.74) is 0.532. The van der Waals surface area contributed by atoms with E-state index in [0.717, 1.165) is 9.09 Å². The summed E-state index contributed by atoms with van der Waals surface area (Å²) >= 11 is 3.44. The second-order valence-corrected chi connectivity index (χ2v) is 6.78. The Hall–Kier alpha value is -0.995. The van der Waals surface area contributed by atoms with Crippen LogP contribution in [0.15, 0.2) is 29.2 Å². The number of hydrogen-bond acceptors (Lipinski definition) is 5. The first-order valence-electron chi connectivity index (χ1n) is 7.16. The lowest BCUT2D eigenvalue weighted by Crippen LogP contribution is -2.24. The monoisotopic (exact) mass is 445 g/mol. The molecule has 0 spiro atoms. The van der Waals surface area contributed by atoms with E-state index in [4.69, 9.17) is 8.92 Å². The van der Waals surface area contributed by atoms with E-state index in [0.29, 0.717) is 12.0 Å². The highest BCUT2D eigenvalue weighted by Gasteiger charge is 2.19. The minimum Gasteiger partial charge on any atom is -0.462 e. The minimum atomic E-state index is -0.593. The predicted molar refractivity (Wildman–Crippen MR) is 104 cm³/mol.